The normalized spacial score (nSPS) is 10.0. The Morgan fingerprint density at radius 2 is 1.77 bits per heavy atom. The Balaban J connectivity index is -0.000000135. The quantitative estimate of drug-likeness (QED) is 0.558. The van der Waals surface area contributed by atoms with Gasteiger partial charge in [0.25, 0.3) is 0 Å². The fraction of sp³-hybridized carbons (Fsp3) is 0.833. The van der Waals surface area contributed by atoms with Crippen molar-refractivity contribution in [3.8, 4) is 0 Å². The third-order valence-corrected chi connectivity index (χ3v) is 1.27. The first-order valence-corrected chi connectivity index (χ1v) is 3.35. The summed E-state index contributed by atoms with van der Waals surface area (Å²) < 4.78 is 0. The van der Waals surface area contributed by atoms with Crippen LogP contribution < -0.4 is 16.6 Å². The first kappa shape index (κ1) is 23.3. The molecule has 0 aromatic heterocycles. The third kappa shape index (κ3) is 15.2. The minimum Gasteiger partial charge on any atom is -0.870 e. The fourth-order valence-corrected chi connectivity index (χ4v) is 0.626. The molecule has 0 aromatic rings. The second kappa shape index (κ2) is 14.9. The third-order valence-electron chi connectivity index (χ3n) is 1.27. The molecular formula is C6H14Cr2N2O3+4. The van der Waals surface area contributed by atoms with Crippen LogP contribution in [0.2, 0.25) is 0 Å². The molecule has 0 aliphatic heterocycles. The van der Waals surface area contributed by atoms with Gasteiger partial charge in [0, 0.05) is 6.04 Å². The predicted octanol–water partition coefficient (Wildman–Crippen LogP) is -1.99. The number of carboxylic acids is 1. The zero-order valence-electron chi connectivity index (χ0n) is 7.14. The van der Waals surface area contributed by atoms with Crippen molar-refractivity contribution in [1.29, 1.82) is 0 Å². The summed E-state index contributed by atoms with van der Waals surface area (Å²) in [5.74, 6) is -1.18. The maximum atomic E-state index is 10.0. The van der Waals surface area contributed by atoms with Crippen LogP contribution in [0.25, 0.3) is 0 Å². The van der Waals surface area contributed by atoms with E-state index in [1.807, 2.05) is 0 Å². The molecule has 0 aliphatic rings. The average Bonchev–Trinajstić information content (AvgIpc) is 1.88. The number of carbonyl (C=O) groups is 1. The molecule has 0 aliphatic carbocycles. The van der Waals surface area contributed by atoms with Crippen LogP contribution >= 0.6 is 0 Å². The Morgan fingerprint density at radius 3 is 2.08 bits per heavy atom. The molecule has 0 spiro atoms. The molecule has 0 aromatic carbocycles. The van der Waals surface area contributed by atoms with Gasteiger partial charge in [0.1, 0.15) is 0 Å². The van der Waals surface area contributed by atoms with Gasteiger partial charge in [-0.05, 0) is 19.4 Å². The van der Waals surface area contributed by atoms with Gasteiger partial charge in [-0.3, -0.25) is 0 Å². The molecular weight excluding hydrogens is 252 g/mol. The molecule has 5 nitrogen and oxygen atoms in total. The van der Waals surface area contributed by atoms with Gasteiger partial charge >= 0.3 is 34.7 Å². The topological polar surface area (TPSA) is 122 Å². The molecule has 2 radical (unpaired) electrons. The Morgan fingerprint density at radius 1 is 1.31 bits per heavy atom. The van der Waals surface area contributed by atoms with Crippen molar-refractivity contribution in [3.63, 3.8) is 0 Å². The summed E-state index contributed by atoms with van der Waals surface area (Å²) >= 11 is 0. The van der Waals surface area contributed by atoms with E-state index in [9.17, 15) is 9.90 Å². The van der Waals surface area contributed by atoms with E-state index in [1.54, 1.807) is 0 Å². The standard InChI is InChI=1S/C6H14N2O2.2Cr.H2O/c7-4-2-1-3-5(8)6(9)10;;;/h5H,1-4,7-8H2,(H,9,10);;;1H2/q;2*+3;/p-2/t5-;;;/m0.../s1. The Labute approximate surface area is 99.4 Å². The number of carbonyl (C=O) groups excluding carboxylic acids is 1. The van der Waals surface area contributed by atoms with Crippen LogP contribution in [-0.2, 0) is 39.5 Å². The summed E-state index contributed by atoms with van der Waals surface area (Å²) in [6, 6.07) is -0.827. The van der Waals surface area contributed by atoms with Crippen LogP contribution in [0.1, 0.15) is 19.3 Å². The zero-order valence-corrected chi connectivity index (χ0v) is 9.69. The zero-order chi connectivity index (χ0) is 7.98. The Bertz CT molecular complexity index is 116. The summed E-state index contributed by atoms with van der Waals surface area (Å²) in [7, 11) is 0. The molecule has 0 saturated heterocycles. The minimum atomic E-state index is -1.18. The van der Waals surface area contributed by atoms with Gasteiger partial charge in [-0.1, -0.05) is 6.42 Å². The van der Waals surface area contributed by atoms with E-state index in [1.165, 1.54) is 0 Å². The largest absolute Gasteiger partial charge is 3.00 e. The molecule has 0 unspecified atom stereocenters. The predicted molar refractivity (Wildman–Crippen MR) is 37.8 cm³/mol. The van der Waals surface area contributed by atoms with Crippen molar-refractivity contribution in [2.45, 2.75) is 25.3 Å². The van der Waals surface area contributed by atoms with E-state index in [2.05, 4.69) is 0 Å². The van der Waals surface area contributed by atoms with Crippen molar-refractivity contribution in [2.75, 3.05) is 6.54 Å². The van der Waals surface area contributed by atoms with Crippen molar-refractivity contribution in [1.82, 2.24) is 0 Å². The SMILES string of the molecule is NCCCC[C@H](N)C(=O)[O-].[Cr+3].[Cr+3].[OH-]. The van der Waals surface area contributed by atoms with Gasteiger partial charge < -0.3 is 26.8 Å². The van der Waals surface area contributed by atoms with Gasteiger partial charge in [-0.2, -0.15) is 0 Å². The van der Waals surface area contributed by atoms with Gasteiger partial charge in [-0.25, -0.2) is 0 Å². The average molecular weight is 266 g/mol. The molecule has 5 N–H and O–H groups in total. The first-order valence-electron chi connectivity index (χ1n) is 3.35. The first-order chi connectivity index (χ1) is 4.68. The van der Waals surface area contributed by atoms with E-state index in [0.29, 0.717) is 13.0 Å². The maximum absolute atomic E-state index is 10.0. The molecule has 0 amide bonds. The summed E-state index contributed by atoms with van der Waals surface area (Å²) in [5, 5.41) is 10.0. The molecule has 0 bridgehead atoms. The summed E-state index contributed by atoms with van der Waals surface area (Å²) in [6.45, 7) is 0.583. The van der Waals surface area contributed by atoms with Gasteiger partial charge in [0.15, 0.2) is 0 Å². The molecule has 0 heterocycles. The number of hydrogen-bond acceptors (Lipinski definition) is 5. The van der Waals surface area contributed by atoms with E-state index in [4.69, 9.17) is 11.5 Å². The van der Waals surface area contributed by atoms with Crippen LogP contribution in [0.5, 0.6) is 0 Å². The van der Waals surface area contributed by atoms with Gasteiger partial charge in [0.05, 0.1) is 5.97 Å². The van der Waals surface area contributed by atoms with Crippen LogP contribution in [0.4, 0.5) is 0 Å². The second-order valence-corrected chi connectivity index (χ2v) is 2.21. The Kier molecular flexibility index (Phi) is 26.8. The second-order valence-electron chi connectivity index (χ2n) is 2.21. The molecule has 0 rings (SSSR count). The molecule has 0 saturated carbocycles. The van der Waals surface area contributed by atoms with Crippen molar-refractivity contribution in [2.24, 2.45) is 11.5 Å². The number of carboxylic acid groups (broad SMARTS) is 1. The van der Waals surface area contributed by atoms with Gasteiger partial charge in [0.2, 0.25) is 0 Å². The number of unbranched alkanes of at least 4 members (excludes halogenated alkanes) is 1. The van der Waals surface area contributed by atoms with Gasteiger partial charge in [-0.15, -0.1) is 0 Å². The number of rotatable bonds is 5. The van der Waals surface area contributed by atoms with Crippen molar-refractivity contribution >= 4 is 5.97 Å². The van der Waals surface area contributed by atoms with Crippen molar-refractivity contribution < 1.29 is 50.1 Å². The van der Waals surface area contributed by atoms with Crippen LogP contribution in [0.15, 0.2) is 0 Å². The Hall–Kier alpha value is 0.415. The summed E-state index contributed by atoms with van der Waals surface area (Å²) in [4.78, 5) is 10.0. The monoisotopic (exact) mass is 266 g/mol. The van der Waals surface area contributed by atoms with E-state index in [-0.39, 0.29) is 40.2 Å². The van der Waals surface area contributed by atoms with Crippen LogP contribution in [0, 0.1) is 0 Å². The number of hydrogen-bond donors (Lipinski definition) is 2. The van der Waals surface area contributed by atoms with Crippen LogP contribution in [0.3, 0.4) is 0 Å². The summed E-state index contributed by atoms with van der Waals surface area (Å²) in [6.07, 6.45) is 2.03. The van der Waals surface area contributed by atoms with E-state index < -0.39 is 12.0 Å². The smallest absolute Gasteiger partial charge is 0.870 e. The van der Waals surface area contributed by atoms with E-state index in [0.717, 1.165) is 12.8 Å². The number of nitrogens with two attached hydrogens (primary N) is 2. The maximum Gasteiger partial charge on any atom is 3.00 e. The molecule has 0 fully saturated rings. The van der Waals surface area contributed by atoms with E-state index >= 15 is 0 Å². The molecule has 74 valence electrons. The molecule has 1 atom stereocenters. The minimum absolute atomic E-state index is 0. The van der Waals surface area contributed by atoms with Crippen molar-refractivity contribution in [3.05, 3.63) is 0 Å². The molecule has 7 heteroatoms. The molecule has 13 heavy (non-hydrogen) atoms. The summed E-state index contributed by atoms with van der Waals surface area (Å²) in [5.41, 5.74) is 10.3. The number of aliphatic carboxylic acids is 1. The van der Waals surface area contributed by atoms with Crippen LogP contribution in [-0.4, -0.2) is 24.0 Å². The fourth-order valence-electron chi connectivity index (χ4n) is 0.626.